The first-order valence-electron chi connectivity index (χ1n) is 3.73. The van der Waals surface area contributed by atoms with E-state index in [9.17, 15) is 0 Å². The van der Waals surface area contributed by atoms with Crippen LogP contribution in [0.15, 0.2) is 4.99 Å². The molecule has 0 aromatic rings. The van der Waals surface area contributed by atoms with Gasteiger partial charge in [0.25, 0.3) is 0 Å². The van der Waals surface area contributed by atoms with Crippen molar-refractivity contribution in [3.8, 4) is 0 Å². The Labute approximate surface area is 61.2 Å². The zero-order valence-corrected chi connectivity index (χ0v) is 6.30. The summed E-state index contributed by atoms with van der Waals surface area (Å²) in [5.74, 6) is 1.06. The number of aliphatic hydroxyl groups excluding tert-OH is 1. The van der Waals surface area contributed by atoms with Crippen molar-refractivity contribution in [2.75, 3.05) is 13.2 Å². The minimum atomic E-state index is 0.150. The molecule has 0 fully saturated rings. The molecular formula is C7H14N2O. The molecule has 58 valence electrons. The molecule has 1 rings (SSSR count). The van der Waals surface area contributed by atoms with Crippen molar-refractivity contribution in [3.05, 3.63) is 0 Å². The number of amidine groups is 1. The minimum absolute atomic E-state index is 0.150. The van der Waals surface area contributed by atoms with Gasteiger partial charge in [0.15, 0.2) is 0 Å². The van der Waals surface area contributed by atoms with Crippen LogP contribution < -0.4 is 5.32 Å². The monoisotopic (exact) mass is 142 g/mol. The number of aliphatic imine (C=N–C) groups is 1. The third-order valence-electron chi connectivity index (χ3n) is 1.56. The Bertz CT molecular complexity index is 134. The van der Waals surface area contributed by atoms with E-state index in [0.29, 0.717) is 0 Å². The van der Waals surface area contributed by atoms with Gasteiger partial charge in [-0.3, -0.25) is 4.99 Å². The SMILES string of the molecule is CC(CO)NC1=NCCC1. The topological polar surface area (TPSA) is 44.6 Å². The van der Waals surface area contributed by atoms with Crippen LogP contribution in [-0.4, -0.2) is 30.1 Å². The first kappa shape index (κ1) is 7.54. The molecule has 0 radical (unpaired) electrons. The fourth-order valence-corrected chi connectivity index (χ4v) is 0.987. The number of rotatable bonds is 2. The Kier molecular flexibility index (Phi) is 2.68. The first-order chi connectivity index (χ1) is 4.83. The summed E-state index contributed by atoms with van der Waals surface area (Å²) in [6.07, 6.45) is 2.20. The number of nitrogens with zero attached hydrogens (tertiary/aromatic N) is 1. The summed E-state index contributed by atoms with van der Waals surface area (Å²) < 4.78 is 0. The third kappa shape index (κ3) is 1.99. The van der Waals surface area contributed by atoms with Crippen molar-refractivity contribution < 1.29 is 5.11 Å². The molecule has 0 aromatic heterocycles. The van der Waals surface area contributed by atoms with Crippen molar-refractivity contribution in [1.82, 2.24) is 5.32 Å². The largest absolute Gasteiger partial charge is 0.394 e. The molecule has 0 saturated heterocycles. The van der Waals surface area contributed by atoms with Gasteiger partial charge in [-0.2, -0.15) is 0 Å². The molecule has 1 unspecified atom stereocenters. The molecule has 1 aliphatic rings. The maximum absolute atomic E-state index is 8.68. The van der Waals surface area contributed by atoms with Crippen molar-refractivity contribution >= 4 is 5.84 Å². The molecule has 1 heterocycles. The highest BCUT2D eigenvalue weighted by molar-refractivity contribution is 5.83. The number of aliphatic hydroxyl groups is 1. The summed E-state index contributed by atoms with van der Waals surface area (Å²) in [5.41, 5.74) is 0. The molecular weight excluding hydrogens is 128 g/mol. The molecule has 0 aliphatic carbocycles. The van der Waals surface area contributed by atoms with Crippen LogP contribution in [0.4, 0.5) is 0 Å². The van der Waals surface area contributed by atoms with E-state index in [1.165, 1.54) is 0 Å². The lowest BCUT2D eigenvalue weighted by atomic mass is 10.3. The van der Waals surface area contributed by atoms with Gasteiger partial charge in [-0.15, -0.1) is 0 Å². The highest BCUT2D eigenvalue weighted by atomic mass is 16.3. The maximum atomic E-state index is 8.68. The van der Waals surface area contributed by atoms with Gasteiger partial charge in [0.05, 0.1) is 12.4 Å². The molecule has 0 bridgehead atoms. The summed E-state index contributed by atoms with van der Waals surface area (Å²) in [6.45, 7) is 3.07. The van der Waals surface area contributed by atoms with Gasteiger partial charge in [-0.1, -0.05) is 0 Å². The van der Waals surface area contributed by atoms with Crippen molar-refractivity contribution in [3.63, 3.8) is 0 Å². The van der Waals surface area contributed by atoms with Gasteiger partial charge >= 0.3 is 0 Å². The Balaban J connectivity index is 2.23. The van der Waals surface area contributed by atoms with Crippen LogP contribution in [0.2, 0.25) is 0 Å². The molecule has 0 saturated carbocycles. The predicted molar refractivity (Wildman–Crippen MR) is 41.2 cm³/mol. The van der Waals surface area contributed by atoms with Crippen LogP contribution >= 0.6 is 0 Å². The lowest BCUT2D eigenvalue weighted by Gasteiger charge is -2.10. The molecule has 3 nitrogen and oxygen atoms in total. The van der Waals surface area contributed by atoms with Crippen molar-refractivity contribution in [2.24, 2.45) is 4.99 Å². The van der Waals surface area contributed by atoms with E-state index in [2.05, 4.69) is 10.3 Å². The Morgan fingerprint density at radius 2 is 2.60 bits per heavy atom. The van der Waals surface area contributed by atoms with E-state index in [1.54, 1.807) is 0 Å². The van der Waals surface area contributed by atoms with Crippen LogP contribution in [-0.2, 0) is 0 Å². The van der Waals surface area contributed by atoms with Gasteiger partial charge in [0.2, 0.25) is 0 Å². The second-order valence-electron chi connectivity index (χ2n) is 2.66. The standard InChI is InChI=1S/C7H14N2O/c1-6(5-10)9-7-3-2-4-8-7/h6,10H,2-5H2,1H3,(H,8,9). The van der Waals surface area contributed by atoms with E-state index >= 15 is 0 Å². The smallest absolute Gasteiger partial charge is 0.0966 e. The summed E-state index contributed by atoms with van der Waals surface area (Å²) >= 11 is 0. The number of hydrogen-bond acceptors (Lipinski definition) is 3. The van der Waals surface area contributed by atoms with Crippen LogP contribution in [0.5, 0.6) is 0 Å². The average Bonchev–Trinajstić information content (AvgIpc) is 2.40. The zero-order chi connectivity index (χ0) is 7.40. The summed E-state index contributed by atoms with van der Waals surface area (Å²) in [5, 5.41) is 11.8. The summed E-state index contributed by atoms with van der Waals surface area (Å²) in [7, 11) is 0. The second-order valence-corrected chi connectivity index (χ2v) is 2.66. The van der Waals surface area contributed by atoms with Gasteiger partial charge in [0.1, 0.15) is 0 Å². The second kappa shape index (κ2) is 3.56. The molecule has 0 spiro atoms. The molecule has 1 aliphatic heterocycles. The summed E-state index contributed by atoms with van der Waals surface area (Å²) in [6, 6.07) is 0.150. The Morgan fingerprint density at radius 1 is 1.80 bits per heavy atom. The molecule has 10 heavy (non-hydrogen) atoms. The lowest BCUT2D eigenvalue weighted by molar-refractivity contribution is 0.264. The lowest BCUT2D eigenvalue weighted by Crippen LogP contribution is -2.33. The average molecular weight is 142 g/mol. The molecule has 0 aromatic carbocycles. The highest BCUT2D eigenvalue weighted by Gasteiger charge is 2.07. The van der Waals surface area contributed by atoms with Crippen LogP contribution in [0.3, 0.4) is 0 Å². The first-order valence-corrected chi connectivity index (χ1v) is 3.73. The van der Waals surface area contributed by atoms with E-state index < -0.39 is 0 Å². The van der Waals surface area contributed by atoms with Crippen molar-refractivity contribution in [2.45, 2.75) is 25.8 Å². The molecule has 3 heteroatoms. The maximum Gasteiger partial charge on any atom is 0.0966 e. The molecule has 2 N–H and O–H groups in total. The van der Waals surface area contributed by atoms with E-state index in [1.807, 2.05) is 6.92 Å². The molecule has 1 atom stereocenters. The van der Waals surface area contributed by atoms with Gasteiger partial charge in [0, 0.05) is 19.0 Å². The van der Waals surface area contributed by atoms with Crippen molar-refractivity contribution in [1.29, 1.82) is 0 Å². The fraction of sp³-hybridized carbons (Fsp3) is 0.857. The third-order valence-corrected chi connectivity index (χ3v) is 1.56. The number of hydrogen-bond donors (Lipinski definition) is 2. The van der Waals surface area contributed by atoms with E-state index in [-0.39, 0.29) is 12.6 Å². The summed E-state index contributed by atoms with van der Waals surface area (Å²) in [4.78, 5) is 4.22. The van der Waals surface area contributed by atoms with Crippen LogP contribution in [0.25, 0.3) is 0 Å². The van der Waals surface area contributed by atoms with E-state index in [0.717, 1.165) is 25.2 Å². The predicted octanol–water partition coefficient (Wildman–Crippen LogP) is 0.149. The van der Waals surface area contributed by atoms with Crippen LogP contribution in [0, 0.1) is 0 Å². The zero-order valence-electron chi connectivity index (χ0n) is 6.30. The van der Waals surface area contributed by atoms with Gasteiger partial charge in [-0.05, 0) is 13.3 Å². The normalized spacial score (nSPS) is 20.4. The highest BCUT2D eigenvalue weighted by Crippen LogP contribution is 2.01. The number of nitrogens with one attached hydrogen (secondary N) is 1. The quantitative estimate of drug-likeness (QED) is 0.576. The minimum Gasteiger partial charge on any atom is -0.394 e. The van der Waals surface area contributed by atoms with Crippen LogP contribution in [0.1, 0.15) is 19.8 Å². The Morgan fingerprint density at radius 3 is 3.10 bits per heavy atom. The van der Waals surface area contributed by atoms with Gasteiger partial charge in [-0.25, -0.2) is 0 Å². The van der Waals surface area contributed by atoms with E-state index in [4.69, 9.17) is 5.11 Å². The Hall–Kier alpha value is -0.570. The molecule has 0 amide bonds. The fourth-order valence-electron chi connectivity index (χ4n) is 0.987. The van der Waals surface area contributed by atoms with Gasteiger partial charge < -0.3 is 10.4 Å².